The van der Waals surface area contributed by atoms with E-state index in [-0.39, 0.29) is 17.0 Å². The lowest BCUT2D eigenvalue weighted by Crippen LogP contribution is -2.26. The van der Waals surface area contributed by atoms with Crippen molar-refractivity contribution in [3.63, 3.8) is 0 Å². The molecule has 0 fully saturated rings. The van der Waals surface area contributed by atoms with Crippen LogP contribution in [0.5, 0.6) is 0 Å². The van der Waals surface area contributed by atoms with Gasteiger partial charge in [0.05, 0.1) is 10.8 Å². The lowest BCUT2D eigenvalue weighted by Gasteiger charge is -2.31. The van der Waals surface area contributed by atoms with Gasteiger partial charge in [0.25, 0.3) is 0 Å². The standard InChI is InChI=1S/C51H30O2/c52-50-43-28-31(21-24-34(43)39-15-6-10-20-48(39)53-50)30-22-26-41-42(27-30)33-11-1-2-16-40(33)49(41)32-23-25-38-37-14-5-9-19-46(37)51(47(38)29-32)44-17-7-3-12-35(44)36-13-4-8-18-45(36)51/h1-29,49H. The van der Waals surface area contributed by atoms with Crippen LogP contribution >= 0.6 is 0 Å². The van der Waals surface area contributed by atoms with Gasteiger partial charge in [0.2, 0.25) is 0 Å². The Morgan fingerprint density at radius 2 is 0.962 bits per heavy atom. The van der Waals surface area contributed by atoms with E-state index in [0.717, 1.165) is 21.9 Å². The number of fused-ring (bicyclic) bond motifs is 16. The molecule has 3 aliphatic rings. The van der Waals surface area contributed by atoms with Gasteiger partial charge in [0.15, 0.2) is 0 Å². The van der Waals surface area contributed by atoms with Gasteiger partial charge < -0.3 is 4.42 Å². The van der Waals surface area contributed by atoms with E-state index in [4.69, 9.17) is 4.42 Å². The molecule has 1 unspecified atom stereocenters. The Labute approximate surface area is 306 Å². The summed E-state index contributed by atoms with van der Waals surface area (Å²) in [4.78, 5) is 13.1. The molecule has 3 aliphatic carbocycles. The molecular formula is C51H30O2. The molecule has 0 amide bonds. The van der Waals surface area contributed by atoms with E-state index in [1.807, 2.05) is 30.3 Å². The highest BCUT2D eigenvalue weighted by Gasteiger charge is 2.51. The van der Waals surface area contributed by atoms with Gasteiger partial charge in [-0.1, -0.05) is 158 Å². The summed E-state index contributed by atoms with van der Waals surface area (Å²) in [5.74, 6) is 0.0863. The molecule has 2 heteroatoms. The molecule has 0 radical (unpaired) electrons. The highest BCUT2D eigenvalue weighted by atomic mass is 16.4. The zero-order valence-electron chi connectivity index (χ0n) is 28.6. The van der Waals surface area contributed by atoms with Gasteiger partial charge in [-0.15, -0.1) is 0 Å². The molecule has 1 aromatic heterocycles. The van der Waals surface area contributed by atoms with Crippen LogP contribution in [0.15, 0.2) is 185 Å². The summed E-state index contributed by atoms with van der Waals surface area (Å²) in [7, 11) is 0. The molecule has 12 rings (SSSR count). The quantitative estimate of drug-likeness (QED) is 0.135. The molecule has 1 spiro atoms. The van der Waals surface area contributed by atoms with Crippen LogP contribution in [-0.4, -0.2) is 0 Å². The molecule has 1 heterocycles. The summed E-state index contributed by atoms with van der Waals surface area (Å²) < 4.78 is 5.72. The summed E-state index contributed by atoms with van der Waals surface area (Å²) in [6.45, 7) is 0. The van der Waals surface area contributed by atoms with E-state index in [1.165, 1.54) is 72.3 Å². The third-order valence-corrected chi connectivity index (χ3v) is 12.2. The van der Waals surface area contributed by atoms with Gasteiger partial charge >= 0.3 is 5.63 Å². The van der Waals surface area contributed by atoms with Crippen molar-refractivity contribution in [1.82, 2.24) is 0 Å². The van der Waals surface area contributed by atoms with E-state index < -0.39 is 0 Å². The second-order valence-electron chi connectivity index (χ2n) is 14.7. The van der Waals surface area contributed by atoms with E-state index in [2.05, 4.69) is 146 Å². The van der Waals surface area contributed by atoms with Crippen LogP contribution in [0.2, 0.25) is 0 Å². The molecule has 0 N–H and O–H groups in total. The predicted octanol–water partition coefficient (Wildman–Crippen LogP) is 12.1. The molecule has 53 heavy (non-hydrogen) atoms. The Bertz CT molecular complexity index is 3040. The molecule has 0 saturated carbocycles. The summed E-state index contributed by atoms with van der Waals surface area (Å²) in [6.07, 6.45) is 0. The van der Waals surface area contributed by atoms with Crippen molar-refractivity contribution in [3.8, 4) is 44.5 Å². The highest BCUT2D eigenvalue weighted by molar-refractivity contribution is 6.05. The minimum Gasteiger partial charge on any atom is -0.422 e. The molecule has 9 aromatic rings. The lowest BCUT2D eigenvalue weighted by molar-refractivity contribution is 0.569. The molecule has 0 saturated heterocycles. The minimum absolute atomic E-state index is 0.0863. The fraction of sp³-hybridized carbons (Fsp3) is 0.0392. The second-order valence-corrected chi connectivity index (χ2v) is 14.7. The maximum Gasteiger partial charge on any atom is 0.344 e. The van der Waals surface area contributed by atoms with Crippen molar-refractivity contribution < 1.29 is 4.42 Å². The van der Waals surface area contributed by atoms with Gasteiger partial charge in [-0.3, -0.25) is 0 Å². The van der Waals surface area contributed by atoms with Gasteiger partial charge in [-0.2, -0.15) is 0 Å². The fourth-order valence-corrected chi connectivity index (χ4v) is 10.1. The van der Waals surface area contributed by atoms with Crippen molar-refractivity contribution in [2.24, 2.45) is 0 Å². The third-order valence-electron chi connectivity index (χ3n) is 12.2. The smallest absolute Gasteiger partial charge is 0.344 e. The Balaban J connectivity index is 1.05. The SMILES string of the molecule is O=c1oc2ccccc2c2ccc(-c3ccc4c(c3)-c3ccccc3C4c3ccc4c(c3)C3(c5ccccc5-c5ccccc53)c3ccccc3-4)cc12. The Morgan fingerprint density at radius 1 is 0.396 bits per heavy atom. The summed E-state index contributed by atoms with van der Waals surface area (Å²) >= 11 is 0. The number of para-hydroxylation sites is 1. The molecule has 246 valence electrons. The summed E-state index contributed by atoms with van der Waals surface area (Å²) in [5, 5.41) is 2.46. The molecule has 8 aromatic carbocycles. The minimum atomic E-state index is -0.381. The molecule has 2 nitrogen and oxygen atoms in total. The number of benzene rings is 8. The first kappa shape index (κ1) is 28.9. The van der Waals surface area contributed by atoms with Crippen LogP contribution in [0.3, 0.4) is 0 Å². The lowest BCUT2D eigenvalue weighted by atomic mass is 9.70. The maximum absolute atomic E-state index is 13.1. The normalized spacial score (nSPS) is 15.2. The Hall–Kier alpha value is -6.77. The van der Waals surface area contributed by atoms with Crippen molar-refractivity contribution in [2.45, 2.75) is 11.3 Å². The van der Waals surface area contributed by atoms with E-state index in [0.29, 0.717) is 11.0 Å². The number of rotatable bonds is 2. The van der Waals surface area contributed by atoms with Crippen molar-refractivity contribution in [3.05, 3.63) is 225 Å². The van der Waals surface area contributed by atoms with Crippen LogP contribution in [0.1, 0.15) is 44.9 Å². The molecule has 0 bridgehead atoms. The number of hydrogen-bond donors (Lipinski definition) is 0. The first-order chi connectivity index (χ1) is 26.2. The van der Waals surface area contributed by atoms with Gasteiger partial charge in [-0.25, -0.2) is 4.79 Å². The molecule has 1 atom stereocenters. The monoisotopic (exact) mass is 674 g/mol. The zero-order chi connectivity index (χ0) is 34.8. The van der Waals surface area contributed by atoms with Crippen LogP contribution < -0.4 is 5.63 Å². The van der Waals surface area contributed by atoms with Crippen molar-refractivity contribution in [1.29, 1.82) is 0 Å². The van der Waals surface area contributed by atoms with Crippen LogP contribution in [0.25, 0.3) is 66.2 Å². The zero-order valence-corrected chi connectivity index (χ0v) is 28.6. The van der Waals surface area contributed by atoms with Crippen LogP contribution in [-0.2, 0) is 5.41 Å². The average Bonchev–Trinajstić information content (AvgIpc) is 3.82. The van der Waals surface area contributed by atoms with E-state index in [9.17, 15) is 4.79 Å². The Kier molecular flexibility index (Phi) is 5.67. The van der Waals surface area contributed by atoms with E-state index in [1.54, 1.807) is 0 Å². The fourth-order valence-electron chi connectivity index (χ4n) is 10.1. The summed E-state index contributed by atoms with van der Waals surface area (Å²) in [5.41, 5.74) is 19.1. The highest BCUT2D eigenvalue weighted by Crippen LogP contribution is 2.63. The predicted molar refractivity (Wildman–Crippen MR) is 215 cm³/mol. The van der Waals surface area contributed by atoms with Crippen molar-refractivity contribution in [2.75, 3.05) is 0 Å². The van der Waals surface area contributed by atoms with Gasteiger partial charge in [0.1, 0.15) is 5.58 Å². The maximum atomic E-state index is 13.1. The summed E-state index contributed by atoms with van der Waals surface area (Å²) in [6, 6.07) is 63.9. The molecule has 0 aliphatic heterocycles. The Morgan fingerprint density at radius 3 is 1.70 bits per heavy atom. The van der Waals surface area contributed by atoms with Crippen LogP contribution in [0.4, 0.5) is 0 Å². The third kappa shape index (κ3) is 3.70. The topological polar surface area (TPSA) is 30.2 Å². The number of hydrogen-bond acceptors (Lipinski definition) is 2. The first-order valence-corrected chi connectivity index (χ1v) is 18.3. The first-order valence-electron chi connectivity index (χ1n) is 18.3. The molecular weight excluding hydrogens is 645 g/mol. The second kappa shape index (κ2) is 10.4. The largest absolute Gasteiger partial charge is 0.422 e. The van der Waals surface area contributed by atoms with Crippen LogP contribution in [0, 0.1) is 0 Å². The van der Waals surface area contributed by atoms with E-state index >= 15 is 0 Å². The van der Waals surface area contributed by atoms with Gasteiger partial charge in [0, 0.05) is 11.3 Å². The van der Waals surface area contributed by atoms with Crippen molar-refractivity contribution >= 4 is 21.7 Å². The average molecular weight is 675 g/mol. The van der Waals surface area contributed by atoms with Gasteiger partial charge in [-0.05, 0) is 107 Å².